The molecule has 1 aromatic rings. The van der Waals surface area contributed by atoms with Crippen molar-refractivity contribution in [1.82, 2.24) is 5.32 Å². The fraction of sp³-hybridized carbons (Fsp3) is 0.333. The Kier molecular flexibility index (Phi) is 2.84. The van der Waals surface area contributed by atoms with Gasteiger partial charge in [-0.3, -0.25) is 0 Å². The van der Waals surface area contributed by atoms with Gasteiger partial charge in [0.2, 0.25) is 0 Å². The number of hydrogen-bond donors (Lipinski definition) is 1. The standard InChI is InChI=1S/C12H15NO/c1-2-7-14-12-4-3-11-9-13-6-5-10(11)8-12/h2-4,8,13H,1,5-7,9H2. The Hall–Kier alpha value is -1.28. The highest BCUT2D eigenvalue weighted by Crippen LogP contribution is 2.20. The molecule has 1 heterocycles. The van der Waals surface area contributed by atoms with E-state index in [0.717, 1.165) is 25.3 Å². The summed E-state index contributed by atoms with van der Waals surface area (Å²) < 4.78 is 5.48. The molecule has 0 unspecified atom stereocenters. The minimum Gasteiger partial charge on any atom is -0.490 e. The second-order valence-electron chi connectivity index (χ2n) is 3.46. The molecule has 74 valence electrons. The summed E-state index contributed by atoms with van der Waals surface area (Å²) in [4.78, 5) is 0. The van der Waals surface area contributed by atoms with Crippen molar-refractivity contribution >= 4 is 0 Å². The van der Waals surface area contributed by atoms with Crippen LogP contribution >= 0.6 is 0 Å². The molecule has 0 amide bonds. The van der Waals surface area contributed by atoms with Crippen molar-refractivity contribution in [2.45, 2.75) is 13.0 Å². The Morgan fingerprint density at radius 3 is 3.21 bits per heavy atom. The van der Waals surface area contributed by atoms with Crippen LogP contribution in [-0.4, -0.2) is 13.2 Å². The zero-order chi connectivity index (χ0) is 9.80. The SMILES string of the molecule is C=CCOc1ccc2c(c1)CCNC2. The van der Waals surface area contributed by atoms with Gasteiger partial charge in [0.25, 0.3) is 0 Å². The lowest BCUT2D eigenvalue weighted by molar-refractivity contribution is 0.362. The molecule has 0 spiro atoms. The molecule has 1 N–H and O–H groups in total. The average molecular weight is 189 g/mol. The minimum absolute atomic E-state index is 0.580. The average Bonchev–Trinajstić information content (AvgIpc) is 2.26. The van der Waals surface area contributed by atoms with Crippen LogP contribution in [0.25, 0.3) is 0 Å². The fourth-order valence-corrected chi connectivity index (χ4v) is 1.70. The van der Waals surface area contributed by atoms with E-state index in [0.29, 0.717) is 6.61 Å². The molecule has 0 saturated heterocycles. The van der Waals surface area contributed by atoms with E-state index in [1.807, 2.05) is 6.07 Å². The second kappa shape index (κ2) is 4.29. The van der Waals surface area contributed by atoms with Gasteiger partial charge in [-0.25, -0.2) is 0 Å². The number of hydrogen-bond acceptors (Lipinski definition) is 2. The number of fused-ring (bicyclic) bond motifs is 1. The third-order valence-corrected chi connectivity index (χ3v) is 2.43. The smallest absolute Gasteiger partial charge is 0.120 e. The summed E-state index contributed by atoms with van der Waals surface area (Å²) in [5.41, 5.74) is 2.80. The van der Waals surface area contributed by atoms with E-state index in [-0.39, 0.29) is 0 Å². The summed E-state index contributed by atoms with van der Waals surface area (Å²) in [5, 5.41) is 3.35. The van der Waals surface area contributed by atoms with Crippen LogP contribution in [0.15, 0.2) is 30.9 Å². The van der Waals surface area contributed by atoms with Crippen LogP contribution in [0.4, 0.5) is 0 Å². The van der Waals surface area contributed by atoms with Gasteiger partial charge in [-0.1, -0.05) is 18.7 Å². The Morgan fingerprint density at radius 2 is 2.36 bits per heavy atom. The first-order chi connectivity index (χ1) is 6.90. The van der Waals surface area contributed by atoms with Gasteiger partial charge < -0.3 is 10.1 Å². The minimum atomic E-state index is 0.580. The molecule has 1 aliphatic rings. The molecule has 0 aromatic heterocycles. The molecule has 2 heteroatoms. The Balaban J connectivity index is 2.16. The summed E-state index contributed by atoms with van der Waals surface area (Å²) in [6, 6.07) is 6.30. The van der Waals surface area contributed by atoms with Crippen LogP contribution in [0.2, 0.25) is 0 Å². The first-order valence-corrected chi connectivity index (χ1v) is 4.96. The molecule has 0 atom stereocenters. The molecular formula is C12H15NO. The van der Waals surface area contributed by atoms with Crippen LogP contribution < -0.4 is 10.1 Å². The molecule has 1 aliphatic heterocycles. The summed E-state index contributed by atoms with van der Waals surface area (Å²) in [6.45, 7) is 6.26. The van der Waals surface area contributed by atoms with Gasteiger partial charge in [-0.2, -0.15) is 0 Å². The lowest BCUT2D eigenvalue weighted by Crippen LogP contribution is -2.23. The van der Waals surface area contributed by atoms with E-state index in [9.17, 15) is 0 Å². The lowest BCUT2D eigenvalue weighted by atomic mass is 10.0. The molecule has 0 radical (unpaired) electrons. The normalized spacial score (nSPS) is 14.6. The van der Waals surface area contributed by atoms with Gasteiger partial charge in [-0.15, -0.1) is 0 Å². The largest absolute Gasteiger partial charge is 0.490 e. The fourth-order valence-electron chi connectivity index (χ4n) is 1.70. The van der Waals surface area contributed by atoms with Crippen molar-refractivity contribution in [3.05, 3.63) is 42.0 Å². The van der Waals surface area contributed by atoms with Crippen molar-refractivity contribution in [3.8, 4) is 5.75 Å². The van der Waals surface area contributed by atoms with E-state index in [4.69, 9.17) is 4.74 Å². The molecule has 2 nitrogen and oxygen atoms in total. The van der Waals surface area contributed by atoms with Crippen LogP contribution in [0.1, 0.15) is 11.1 Å². The molecule has 2 rings (SSSR count). The van der Waals surface area contributed by atoms with Crippen LogP contribution in [0.3, 0.4) is 0 Å². The monoisotopic (exact) mass is 189 g/mol. The number of benzene rings is 1. The molecule has 1 aromatic carbocycles. The predicted octanol–water partition coefficient (Wildman–Crippen LogP) is 1.90. The number of rotatable bonds is 3. The van der Waals surface area contributed by atoms with Gasteiger partial charge in [-0.05, 0) is 36.2 Å². The highest BCUT2D eigenvalue weighted by Gasteiger charge is 2.08. The van der Waals surface area contributed by atoms with E-state index in [1.165, 1.54) is 11.1 Å². The van der Waals surface area contributed by atoms with Crippen LogP contribution in [0.5, 0.6) is 5.75 Å². The van der Waals surface area contributed by atoms with Crippen molar-refractivity contribution in [1.29, 1.82) is 0 Å². The quantitative estimate of drug-likeness (QED) is 0.733. The Labute approximate surface area is 84.6 Å². The van der Waals surface area contributed by atoms with E-state index in [2.05, 4.69) is 24.0 Å². The Bertz CT molecular complexity index is 333. The first-order valence-electron chi connectivity index (χ1n) is 4.96. The lowest BCUT2D eigenvalue weighted by Gasteiger charge is -2.17. The van der Waals surface area contributed by atoms with Gasteiger partial charge in [0, 0.05) is 6.54 Å². The zero-order valence-electron chi connectivity index (χ0n) is 8.25. The summed E-state index contributed by atoms with van der Waals surface area (Å²) >= 11 is 0. The van der Waals surface area contributed by atoms with Crippen LogP contribution in [-0.2, 0) is 13.0 Å². The highest BCUT2D eigenvalue weighted by molar-refractivity contribution is 5.37. The Morgan fingerprint density at radius 1 is 1.43 bits per heavy atom. The topological polar surface area (TPSA) is 21.3 Å². The van der Waals surface area contributed by atoms with Crippen LogP contribution in [0, 0.1) is 0 Å². The van der Waals surface area contributed by atoms with Crippen molar-refractivity contribution < 1.29 is 4.74 Å². The number of ether oxygens (including phenoxy) is 1. The zero-order valence-corrected chi connectivity index (χ0v) is 8.25. The summed E-state index contributed by atoms with van der Waals surface area (Å²) in [5.74, 6) is 0.950. The van der Waals surface area contributed by atoms with E-state index in [1.54, 1.807) is 6.08 Å². The molecule has 0 saturated carbocycles. The first kappa shape index (κ1) is 9.28. The van der Waals surface area contributed by atoms with Gasteiger partial charge >= 0.3 is 0 Å². The molecule has 0 aliphatic carbocycles. The summed E-state index contributed by atoms with van der Waals surface area (Å²) in [7, 11) is 0. The maximum Gasteiger partial charge on any atom is 0.120 e. The highest BCUT2D eigenvalue weighted by atomic mass is 16.5. The van der Waals surface area contributed by atoms with Crippen molar-refractivity contribution in [2.24, 2.45) is 0 Å². The molecule has 0 bridgehead atoms. The van der Waals surface area contributed by atoms with Gasteiger partial charge in [0.05, 0.1) is 0 Å². The van der Waals surface area contributed by atoms with E-state index < -0.39 is 0 Å². The van der Waals surface area contributed by atoms with Crippen molar-refractivity contribution in [2.75, 3.05) is 13.2 Å². The maximum absolute atomic E-state index is 5.48. The second-order valence-corrected chi connectivity index (χ2v) is 3.46. The number of nitrogens with one attached hydrogen (secondary N) is 1. The van der Waals surface area contributed by atoms with E-state index >= 15 is 0 Å². The molecule has 0 fully saturated rings. The third kappa shape index (κ3) is 1.96. The third-order valence-electron chi connectivity index (χ3n) is 2.43. The predicted molar refractivity (Wildman–Crippen MR) is 57.5 cm³/mol. The molecule has 14 heavy (non-hydrogen) atoms. The summed E-state index contributed by atoms with van der Waals surface area (Å²) in [6.07, 6.45) is 2.86. The maximum atomic E-state index is 5.48. The van der Waals surface area contributed by atoms with Gasteiger partial charge in [0.1, 0.15) is 12.4 Å². The van der Waals surface area contributed by atoms with Crippen molar-refractivity contribution in [3.63, 3.8) is 0 Å². The molecular weight excluding hydrogens is 174 g/mol. The van der Waals surface area contributed by atoms with Gasteiger partial charge in [0.15, 0.2) is 0 Å².